The van der Waals surface area contributed by atoms with Crippen LogP contribution >= 0.6 is 23.4 Å². The van der Waals surface area contributed by atoms with Gasteiger partial charge in [-0.1, -0.05) is 35.5 Å². The van der Waals surface area contributed by atoms with Gasteiger partial charge in [-0.25, -0.2) is 9.79 Å². The number of fused-ring (bicyclic) bond motifs is 1. The molecule has 0 spiro atoms. The number of methoxy groups -OCH3 is 1. The number of benzene rings is 1. The van der Waals surface area contributed by atoms with Crippen LogP contribution in [0.2, 0.25) is 5.02 Å². The van der Waals surface area contributed by atoms with Crippen LogP contribution in [0.25, 0.3) is 0 Å². The van der Waals surface area contributed by atoms with Crippen LogP contribution in [0.5, 0.6) is 0 Å². The molecule has 2 heterocycles. The largest absolute Gasteiger partial charge is 0.460 e. The van der Waals surface area contributed by atoms with E-state index in [2.05, 4.69) is 4.99 Å². The van der Waals surface area contributed by atoms with E-state index in [1.807, 2.05) is 19.1 Å². The van der Waals surface area contributed by atoms with Crippen LogP contribution in [0.15, 0.2) is 40.5 Å². The molecule has 2 aliphatic rings. The molecule has 8 heteroatoms. The number of ether oxygens (including phenoxy) is 2. The van der Waals surface area contributed by atoms with Crippen molar-refractivity contribution in [3.8, 4) is 0 Å². The van der Waals surface area contributed by atoms with Crippen molar-refractivity contribution < 1.29 is 19.1 Å². The molecule has 1 aromatic carbocycles. The lowest BCUT2D eigenvalue weighted by Crippen LogP contribution is -2.40. The smallest absolute Gasteiger partial charge is 0.338 e. The number of rotatable bonds is 5. The van der Waals surface area contributed by atoms with Crippen molar-refractivity contribution in [3.05, 3.63) is 46.1 Å². The number of nitrogens with zero attached hydrogens (tertiary/aromatic N) is 2. The van der Waals surface area contributed by atoms with Crippen LogP contribution in [0, 0.1) is 0 Å². The van der Waals surface area contributed by atoms with Gasteiger partial charge in [-0.05, 0) is 31.5 Å². The molecule has 0 radical (unpaired) electrons. The average molecular weight is 395 g/mol. The van der Waals surface area contributed by atoms with E-state index >= 15 is 0 Å². The van der Waals surface area contributed by atoms with E-state index in [1.54, 1.807) is 24.0 Å². The van der Waals surface area contributed by atoms with Gasteiger partial charge in [-0.15, -0.1) is 0 Å². The van der Waals surface area contributed by atoms with Crippen LogP contribution in [0.4, 0.5) is 0 Å². The summed E-state index contributed by atoms with van der Waals surface area (Å²) in [5.41, 5.74) is 1.69. The normalized spacial score (nSPS) is 22.4. The van der Waals surface area contributed by atoms with Crippen molar-refractivity contribution >= 4 is 40.4 Å². The summed E-state index contributed by atoms with van der Waals surface area (Å²) in [7, 11) is 1.54. The van der Waals surface area contributed by atoms with Crippen molar-refractivity contribution in [1.82, 2.24) is 4.90 Å². The van der Waals surface area contributed by atoms with Gasteiger partial charge in [-0.3, -0.25) is 9.69 Å². The van der Waals surface area contributed by atoms with Crippen molar-refractivity contribution in [2.45, 2.75) is 25.1 Å². The van der Waals surface area contributed by atoms with Crippen molar-refractivity contribution in [3.63, 3.8) is 0 Å². The number of hydrogen-bond donors (Lipinski definition) is 0. The van der Waals surface area contributed by atoms with Gasteiger partial charge in [-0.2, -0.15) is 0 Å². The third-order valence-corrected chi connectivity index (χ3v) is 5.49. The van der Waals surface area contributed by atoms with Gasteiger partial charge in [0.1, 0.15) is 6.61 Å². The summed E-state index contributed by atoms with van der Waals surface area (Å²) < 4.78 is 10.2. The van der Waals surface area contributed by atoms with E-state index in [0.717, 1.165) is 5.56 Å². The number of esters is 1. The van der Waals surface area contributed by atoms with Gasteiger partial charge in [0.2, 0.25) is 5.91 Å². The molecular weight excluding hydrogens is 376 g/mol. The SMILES string of the molecule is COCCOC(=O)C1=C(C)N=C2S[C@H](C)C(=O)N2[C@@H]1c1ccc(Cl)cc1. The maximum Gasteiger partial charge on any atom is 0.338 e. The molecular formula is C18H19ClN2O4S. The molecule has 0 bridgehead atoms. The standard InChI is InChI=1S/C18H19ClN2O4S/c1-10-14(17(23)25-9-8-24-3)15(12-4-6-13(19)7-5-12)21-16(22)11(2)26-18(21)20-10/h4-7,11,15H,8-9H2,1-3H3/t11-,15-/m1/s1. The Morgan fingerprint density at radius 3 is 2.65 bits per heavy atom. The van der Waals surface area contributed by atoms with Crippen LogP contribution in [-0.2, 0) is 19.1 Å². The Bertz CT molecular complexity index is 791. The monoisotopic (exact) mass is 394 g/mol. The molecule has 0 N–H and O–H groups in total. The van der Waals surface area contributed by atoms with Gasteiger partial charge in [0, 0.05) is 12.1 Å². The van der Waals surface area contributed by atoms with Gasteiger partial charge >= 0.3 is 5.97 Å². The number of halogens is 1. The third kappa shape index (κ3) is 3.51. The highest BCUT2D eigenvalue weighted by Crippen LogP contribution is 2.43. The Hall–Kier alpha value is -1.83. The predicted molar refractivity (Wildman–Crippen MR) is 101 cm³/mol. The topological polar surface area (TPSA) is 68.2 Å². The average Bonchev–Trinajstić information content (AvgIpc) is 2.88. The molecule has 1 saturated heterocycles. The number of aliphatic imine (C=N–C) groups is 1. The molecule has 138 valence electrons. The second-order valence-electron chi connectivity index (χ2n) is 5.94. The molecule has 0 saturated carbocycles. The Morgan fingerprint density at radius 2 is 2.00 bits per heavy atom. The highest BCUT2D eigenvalue weighted by atomic mass is 35.5. The molecule has 0 unspecified atom stereocenters. The predicted octanol–water partition coefficient (Wildman–Crippen LogP) is 3.18. The first-order chi connectivity index (χ1) is 12.4. The summed E-state index contributed by atoms with van der Waals surface area (Å²) in [6.45, 7) is 4.02. The minimum Gasteiger partial charge on any atom is -0.460 e. The van der Waals surface area contributed by atoms with E-state index in [-0.39, 0.29) is 17.8 Å². The Balaban J connectivity index is 2.03. The molecule has 26 heavy (non-hydrogen) atoms. The molecule has 0 aliphatic carbocycles. The summed E-state index contributed by atoms with van der Waals surface area (Å²) in [4.78, 5) is 31.5. The first-order valence-electron chi connectivity index (χ1n) is 8.14. The molecule has 1 fully saturated rings. The maximum absolute atomic E-state index is 12.7. The molecule has 0 aromatic heterocycles. The molecule has 1 amide bonds. The number of amides is 1. The molecule has 2 aliphatic heterocycles. The Morgan fingerprint density at radius 1 is 1.31 bits per heavy atom. The minimum absolute atomic E-state index is 0.0802. The lowest BCUT2D eigenvalue weighted by molar-refractivity contribution is -0.141. The third-order valence-electron chi connectivity index (χ3n) is 4.18. The Labute approximate surface area is 161 Å². The van der Waals surface area contributed by atoms with Crippen LogP contribution < -0.4 is 0 Å². The number of hydrogen-bond acceptors (Lipinski definition) is 6. The van der Waals surface area contributed by atoms with E-state index in [9.17, 15) is 9.59 Å². The number of amidine groups is 1. The van der Waals surface area contributed by atoms with Gasteiger partial charge < -0.3 is 9.47 Å². The first kappa shape index (κ1) is 18.9. The Kier molecular flexibility index (Phi) is 5.70. The lowest BCUT2D eigenvalue weighted by atomic mass is 9.94. The number of thioether (sulfide) groups is 1. The summed E-state index contributed by atoms with van der Waals surface area (Å²) in [6.07, 6.45) is 0. The van der Waals surface area contributed by atoms with E-state index in [0.29, 0.717) is 28.1 Å². The van der Waals surface area contributed by atoms with E-state index < -0.39 is 12.0 Å². The van der Waals surface area contributed by atoms with Gasteiger partial charge in [0.15, 0.2) is 5.17 Å². The number of allylic oxidation sites excluding steroid dienone is 1. The van der Waals surface area contributed by atoms with Crippen LogP contribution in [-0.4, -0.2) is 47.5 Å². The minimum atomic E-state index is -0.584. The zero-order valence-electron chi connectivity index (χ0n) is 14.7. The second kappa shape index (κ2) is 7.82. The summed E-state index contributed by atoms with van der Waals surface area (Å²) in [6, 6.07) is 6.52. The molecule has 1 aromatic rings. The highest BCUT2D eigenvalue weighted by molar-refractivity contribution is 8.15. The fourth-order valence-corrected chi connectivity index (χ4v) is 4.07. The van der Waals surface area contributed by atoms with Crippen LogP contribution in [0.1, 0.15) is 25.5 Å². The number of carbonyl (C=O) groups excluding carboxylic acids is 2. The quantitative estimate of drug-likeness (QED) is 0.566. The fraction of sp³-hybridized carbons (Fsp3) is 0.389. The summed E-state index contributed by atoms with van der Waals surface area (Å²) in [5, 5.41) is 0.937. The maximum atomic E-state index is 12.7. The van der Waals surface area contributed by atoms with Crippen LogP contribution in [0.3, 0.4) is 0 Å². The second-order valence-corrected chi connectivity index (χ2v) is 7.69. The zero-order valence-corrected chi connectivity index (χ0v) is 16.3. The van der Waals surface area contributed by atoms with Crippen molar-refractivity contribution in [1.29, 1.82) is 0 Å². The lowest BCUT2D eigenvalue weighted by Gasteiger charge is -2.33. The summed E-state index contributed by atoms with van der Waals surface area (Å²) >= 11 is 7.39. The van der Waals surface area contributed by atoms with Gasteiger partial charge in [0.05, 0.1) is 29.2 Å². The van der Waals surface area contributed by atoms with Gasteiger partial charge in [0.25, 0.3) is 0 Å². The highest BCUT2D eigenvalue weighted by Gasteiger charge is 2.46. The summed E-state index contributed by atoms with van der Waals surface area (Å²) in [5.74, 6) is -0.581. The zero-order chi connectivity index (χ0) is 18.8. The first-order valence-corrected chi connectivity index (χ1v) is 9.40. The molecule has 6 nitrogen and oxygen atoms in total. The molecule has 3 rings (SSSR count). The fourth-order valence-electron chi connectivity index (χ4n) is 2.92. The van der Waals surface area contributed by atoms with E-state index in [4.69, 9.17) is 21.1 Å². The van der Waals surface area contributed by atoms with E-state index in [1.165, 1.54) is 18.9 Å². The van der Waals surface area contributed by atoms with Crippen molar-refractivity contribution in [2.75, 3.05) is 20.3 Å². The number of carbonyl (C=O) groups is 2. The molecule has 2 atom stereocenters. The van der Waals surface area contributed by atoms with Crippen molar-refractivity contribution in [2.24, 2.45) is 4.99 Å².